The summed E-state index contributed by atoms with van der Waals surface area (Å²) in [6, 6.07) is 0.958. The summed E-state index contributed by atoms with van der Waals surface area (Å²) in [6.45, 7) is 7.35. The highest BCUT2D eigenvalue weighted by atomic mass is 28.5. The van der Waals surface area contributed by atoms with E-state index in [-0.39, 0.29) is 0 Å². The van der Waals surface area contributed by atoms with Crippen LogP contribution in [0.1, 0.15) is 12.8 Å². The zero-order valence-electron chi connectivity index (χ0n) is 10.6. The largest absolute Gasteiger partial charge is 0.415 e. The molecule has 5 nitrogen and oxygen atoms in total. The molecule has 0 aromatic rings. The van der Waals surface area contributed by atoms with Gasteiger partial charge >= 0.3 is 26.4 Å². The van der Waals surface area contributed by atoms with Gasteiger partial charge in [-0.2, -0.15) is 0 Å². The van der Waals surface area contributed by atoms with Crippen molar-refractivity contribution in [1.82, 2.24) is 0 Å². The van der Waals surface area contributed by atoms with E-state index in [0.717, 1.165) is 19.1 Å². The molecule has 0 aliphatic carbocycles. The molecule has 8 heteroatoms. The first-order valence-electron chi connectivity index (χ1n) is 5.55. The van der Waals surface area contributed by atoms with Gasteiger partial charge in [-0.05, 0) is 45.1 Å². The van der Waals surface area contributed by atoms with E-state index in [4.69, 9.17) is 22.9 Å². The molecule has 1 unspecified atom stereocenters. The first-order chi connectivity index (χ1) is 7.10. The molecule has 16 heavy (non-hydrogen) atoms. The maximum absolute atomic E-state index is 9.14. The Morgan fingerprint density at radius 1 is 1.06 bits per heavy atom. The minimum Gasteiger partial charge on any atom is -0.415 e. The van der Waals surface area contributed by atoms with E-state index in [1.54, 1.807) is 26.2 Å². The van der Waals surface area contributed by atoms with Gasteiger partial charge in [-0.3, -0.25) is 0 Å². The van der Waals surface area contributed by atoms with Gasteiger partial charge < -0.3 is 22.9 Å². The lowest BCUT2D eigenvalue weighted by molar-refractivity contribution is 0.231. The molecule has 1 fully saturated rings. The third-order valence-corrected chi connectivity index (χ3v) is 7.17. The SMILES string of the molecule is C[Si](C)(O)O[Si](C)(C)O.O[SiH]1CCCCO1. The molecule has 1 heterocycles. The van der Waals surface area contributed by atoms with E-state index >= 15 is 0 Å². The highest BCUT2D eigenvalue weighted by Gasteiger charge is 2.30. The summed E-state index contributed by atoms with van der Waals surface area (Å²) < 4.78 is 9.99. The Morgan fingerprint density at radius 2 is 1.56 bits per heavy atom. The van der Waals surface area contributed by atoms with Crippen molar-refractivity contribution in [3.63, 3.8) is 0 Å². The Balaban J connectivity index is 0.000000288. The lowest BCUT2D eigenvalue weighted by Gasteiger charge is -2.23. The predicted molar refractivity (Wildman–Crippen MR) is 69.8 cm³/mol. The van der Waals surface area contributed by atoms with Crippen LogP contribution in [0.3, 0.4) is 0 Å². The van der Waals surface area contributed by atoms with Crippen LogP contribution >= 0.6 is 0 Å². The third-order valence-electron chi connectivity index (χ3n) is 1.66. The Hall–Kier alpha value is 0.451. The van der Waals surface area contributed by atoms with Gasteiger partial charge in [0.25, 0.3) is 0 Å². The second-order valence-electron chi connectivity index (χ2n) is 4.82. The Bertz CT molecular complexity index is 171. The van der Waals surface area contributed by atoms with Crippen molar-refractivity contribution in [2.75, 3.05) is 6.61 Å². The fraction of sp³-hybridized carbons (Fsp3) is 1.00. The van der Waals surface area contributed by atoms with Gasteiger partial charge in [0.1, 0.15) is 0 Å². The van der Waals surface area contributed by atoms with Gasteiger partial charge in [0.15, 0.2) is 0 Å². The van der Waals surface area contributed by atoms with E-state index in [1.807, 2.05) is 0 Å². The number of rotatable bonds is 2. The number of hydrogen-bond acceptors (Lipinski definition) is 5. The van der Waals surface area contributed by atoms with Gasteiger partial charge in [0, 0.05) is 6.61 Å². The minimum absolute atomic E-state index is 0.799. The Kier molecular flexibility index (Phi) is 7.21. The Morgan fingerprint density at radius 3 is 1.69 bits per heavy atom. The van der Waals surface area contributed by atoms with Gasteiger partial charge in [-0.15, -0.1) is 0 Å². The second-order valence-corrected chi connectivity index (χ2v) is 13.2. The fourth-order valence-electron chi connectivity index (χ4n) is 1.33. The standard InChI is InChI=1S/C4H14O3Si2.C4H10O2Si/c1-8(2,5)7-9(3,4)6;5-7-4-2-1-3-6-7/h5-6H,1-4H3;5,7H,1-4H2. The summed E-state index contributed by atoms with van der Waals surface area (Å²) in [5.41, 5.74) is 0. The predicted octanol–water partition coefficient (Wildman–Crippen LogP) is 0.401. The van der Waals surface area contributed by atoms with Gasteiger partial charge in [0.05, 0.1) is 0 Å². The summed E-state index contributed by atoms with van der Waals surface area (Å²) in [7, 11) is -6.56. The topological polar surface area (TPSA) is 79.2 Å². The molecule has 1 aliphatic heterocycles. The van der Waals surface area contributed by atoms with Gasteiger partial charge in [0.2, 0.25) is 0 Å². The van der Waals surface area contributed by atoms with Crippen molar-refractivity contribution < 1.29 is 22.9 Å². The van der Waals surface area contributed by atoms with Crippen molar-refractivity contribution in [2.24, 2.45) is 0 Å². The van der Waals surface area contributed by atoms with Crippen molar-refractivity contribution in [3.8, 4) is 0 Å². The van der Waals surface area contributed by atoms with Gasteiger partial charge in [-0.25, -0.2) is 0 Å². The summed E-state index contributed by atoms with van der Waals surface area (Å²) in [4.78, 5) is 27.1. The maximum atomic E-state index is 9.14. The third kappa shape index (κ3) is 12.5. The van der Waals surface area contributed by atoms with Crippen LogP contribution in [0.2, 0.25) is 32.2 Å². The summed E-state index contributed by atoms with van der Waals surface area (Å²) in [5.74, 6) is 0. The molecule has 1 atom stereocenters. The minimum atomic E-state index is -2.48. The Labute approximate surface area is 101 Å². The van der Waals surface area contributed by atoms with Crippen LogP contribution in [0.4, 0.5) is 0 Å². The number of hydrogen-bond donors (Lipinski definition) is 3. The van der Waals surface area contributed by atoms with Gasteiger partial charge in [-0.1, -0.05) is 0 Å². The molecule has 1 rings (SSSR count). The molecular weight excluding hydrogens is 260 g/mol. The van der Waals surface area contributed by atoms with E-state index in [9.17, 15) is 0 Å². The molecule has 0 aromatic carbocycles. The average molecular weight is 285 g/mol. The summed E-state index contributed by atoms with van der Waals surface area (Å²) in [6.07, 6.45) is 2.32. The smallest absolute Gasteiger partial charge is 0.320 e. The molecule has 98 valence electrons. The molecule has 0 amide bonds. The lowest BCUT2D eigenvalue weighted by atomic mass is 10.4. The summed E-state index contributed by atoms with van der Waals surface area (Å²) in [5, 5.41) is 0. The fourth-order valence-corrected chi connectivity index (χ4v) is 7.47. The highest BCUT2D eigenvalue weighted by Crippen LogP contribution is 2.07. The van der Waals surface area contributed by atoms with E-state index in [2.05, 4.69) is 0 Å². The molecular formula is C8H24O5Si3. The molecule has 1 aliphatic rings. The first-order valence-corrected chi connectivity index (χ1v) is 13.1. The molecule has 1 saturated heterocycles. The maximum Gasteiger partial charge on any atom is 0.320 e. The van der Waals surface area contributed by atoms with E-state index < -0.39 is 26.4 Å². The van der Waals surface area contributed by atoms with Crippen molar-refractivity contribution in [1.29, 1.82) is 0 Å². The average Bonchev–Trinajstić information content (AvgIpc) is 1.99. The molecule has 0 spiro atoms. The molecule has 3 N–H and O–H groups in total. The van der Waals surface area contributed by atoms with Crippen LogP contribution in [0, 0.1) is 0 Å². The first kappa shape index (κ1) is 16.5. The molecule has 0 bridgehead atoms. The van der Waals surface area contributed by atoms with Crippen LogP contribution < -0.4 is 0 Å². The van der Waals surface area contributed by atoms with Crippen molar-refractivity contribution in [3.05, 3.63) is 0 Å². The van der Waals surface area contributed by atoms with E-state index in [0.29, 0.717) is 0 Å². The zero-order valence-corrected chi connectivity index (χ0v) is 13.7. The van der Waals surface area contributed by atoms with Crippen LogP contribution in [-0.4, -0.2) is 47.4 Å². The van der Waals surface area contributed by atoms with Crippen LogP contribution in [0.5, 0.6) is 0 Å². The molecule has 0 radical (unpaired) electrons. The van der Waals surface area contributed by atoms with E-state index in [1.165, 1.54) is 6.42 Å². The van der Waals surface area contributed by atoms with Crippen LogP contribution in [0.25, 0.3) is 0 Å². The van der Waals surface area contributed by atoms with Crippen LogP contribution in [-0.2, 0) is 8.54 Å². The molecule has 0 aromatic heterocycles. The lowest BCUT2D eigenvalue weighted by Crippen LogP contribution is -2.44. The van der Waals surface area contributed by atoms with Crippen molar-refractivity contribution in [2.45, 2.75) is 45.1 Å². The summed E-state index contributed by atoms with van der Waals surface area (Å²) >= 11 is 0. The normalized spacial score (nSPS) is 22.3. The highest BCUT2D eigenvalue weighted by molar-refractivity contribution is 6.77. The monoisotopic (exact) mass is 284 g/mol. The van der Waals surface area contributed by atoms with Crippen LogP contribution in [0.15, 0.2) is 0 Å². The zero-order chi connectivity index (χ0) is 12.8. The van der Waals surface area contributed by atoms with Crippen molar-refractivity contribution >= 4 is 26.4 Å². The molecule has 0 saturated carbocycles. The quantitative estimate of drug-likeness (QED) is 0.640. The second kappa shape index (κ2) is 7.01.